The molecule has 152 valence electrons. The molecule has 1 aromatic heterocycles. The van der Waals surface area contributed by atoms with Crippen molar-refractivity contribution in [2.75, 3.05) is 17.9 Å². The molecule has 7 nitrogen and oxygen atoms in total. The highest BCUT2D eigenvalue weighted by atomic mass is 35.5. The number of halogens is 1. The Hall–Kier alpha value is -2.84. The molecule has 0 bridgehead atoms. The highest BCUT2D eigenvalue weighted by molar-refractivity contribution is 7.92. The lowest BCUT2D eigenvalue weighted by Crippen LogP contribution is -2.28. The summed E-state index contributed by atoms with van der Waals surface area (Å²) in [6, 6.07) is 14.7. The van der Waals surface area contributed by atoms with Gasteiger partial charge in [-0.2, -0.15) is 5.10 Å². The van der Waals surface area contributed by atoms with Gasteiger partial charge in [-0.1, -0.05) is 29.8 Å². The number of nitrogens with one attached hydrogen (secondary N) is 1. The van der Waals surface area contributed by atoms with E-state index >= 15 is 0 Å². The Labute approximate surface area is 175 Å². The van der Waals surface area contributed by atoms with Crippen LogP contribution in [-0.4, -0.2) is 37.7 Å². The van der Waals surface area contributed by atoms with E-state index in [1.807, 2.05) is 12.3 Å². The first-order valence-corrected chi connectivity index (χ1v) is 10.8. The van der Waals surface area contributed by atoms with Gasteiger partial charge in [-0.3, -0.25) is 13.8 Å². The molecular formula is C20H21ClN4O3S. The summed E-state index contributed by atoms with van der Waals surface area (Å²) in [5.41, 5.74) is 0.639. The van der Waals surface area contributed by atoms with Gasteiger partial charge in [-0.15, -0.1) is 0 Å². The summed E-state index contributed by atoms with van der Waals surface area (Å²) in [7, 11) is -2.37. The zero-order valence-corrected chi connectivity index (χ0v) is 17.4. The van der Waals surface area contributed by atoms with Crippen LogP contribution in [0.1, 0.15) is 16.8 Å². The predicted octanol–water partition coefficient (Wildman–Crippen LogP) is 3.18. The van der Waals surface area contributed by atoms with E-state index in [2.05, 4.69) is 10.4 Å². The minimum atomic E-state index is -3.84. The number of carbonyl (C=O) groups excluding carboxylic acids is 1. The third-order valence-electron chi connectivity index (χ3n) is 4.37. The molecule has 3 aromatic rings. The van der Waals surface area contributed by atoms with Crippen molar-refractivity contribution in [2.24, 2.45) is 0 Å². The van der Waals surface area contributed by atoms with Crippen molar-refractivity contribution in [3.63, 3.8) is 0 Å². The van der Waals surface area contributed by atoms with Gasteiger partial charge in [0.2, 0.25) is 0 Å². The summed E-state index contributed by atoms with van der Waals surface area (Å²) < 4.78 is 28.8. The summed E-state index contributed by atoms with van der Waals surface area (Å²) in [6.07, 6.45) is 4.22. The first-order chi connectivity index (χ1) is 13.9. The Balaban J connectivity index is 1.72. The van der Waals surface area contributed by atoms with Crippen LogP contribution in [0.2, 0.25) is 5.02 Å². The maximum Gasteiger partial charge on any atom is 0.264 e. The fraction of sp³-hybridized carbons (Fsp3) is 0.200. The highest BCUT2D eigenvalue weighted by Crippen LogP contribution is 2.25. The monoisotopic (exact) mass is 432 g/mol. The Morgan fingerprint density at radius 2 is 1.93 bits per heavy atom. The molecule has 0 unspecified atom stereocenters. The van der Waals surface area contributed by atoms with E-state index in [1.54, 1.807) is 41.2 Å². The third-order valence-corrected chi connectivity index (χ3v) is 6.48. The molecule has 1 N–H and O–H groups in total. The van der Waals surface area contributed by atoms with Crippen molar-refractivity contribution in [2.45, 2.75) is 17.9 Å². The number of amides is 1. The standard InChI is InChI=1S/C20H21ClN4O3S/c1-24(16-7-3-2-4-8-16)29(27,28)17-9-10-19(21)18(15-17)20(26)22-11-5-13-25-14-6-12-23-25/h2-4,6-10,12,14-15H,5,11,13H2,1H3,(H,22,26). The van der Waals surface area contributed by atoms with E-state index in [9.17, 15) is 13.2 Å². The van der Waals surface area contributed by atoms with Crippen molar-refractivity contribution in [1.82, 2.24) is 15.1 Å². The van der Waals surface area contributed by atoms with E-state index in [0.717, 1.165) is 0 Å². The normalized spacial score (nSPS) is 11.2. The number of hydrogen-bond donors (Lipinski definition) is 1. The Kier molecular flexibility index (Phi) is 6.56. The van der Waals surface area contributed by atoms with Gasteiger partial charge in [0.05, 0.1) is 21.2 Å². The van der Waals surface area contributed by atoms with Crippen molar-refractivity contribution < 1.29 is 13.2 Å². The molecule has 0 spiro atoms. The molecule has 0 saturated carbocycles. The number of benzene rings is 2. The van der Waals surface area contributed by atoms with E-state index in [0.29, 0.717) is 25.2 Å². The Bertz CT molecular complexity index is 1070. The maximum atomic E-state index is 13.0. The molecule has 0 fully saturated rings. The van der Waals surface area contributed by atoms with E-state index in [-0.39, 0.29) is 15.5 Å². The lowest BCUT2D eigenvalue weighted by atomic mass is 10.2. The van der Waals surface area contributed by atoms with Crippen LogP contribution >= 0.6 is 11.6 Å². The second-order valence-electron chi connectivity index (χ2n) is 6.33. The SMILES string of the molecule is CN(c1ccccc1)S(=O)(=O)c1ccc(Cl)c(C(=O)NCCCn2cccn2)c1. The Morgan fingerprint density at radius 3 is 2.62 bits per heavy atom. The molecule has 0 radical (unpaired) electrons. The van der Waals surface area contributed by atoms with Crippen LogP contribution in [0.4, 0.5) is 5.69 Å². The van der Waals surface area contributed by atoms with Crippen LogP contribution in [0, 0.1) is 0 Å². The quantitative estimate of drug-likeness (QED) is 0.554. The van der Waals surface area contributed by atoms with Crippen molar-refractivity contribution in [3.8, 4) is 0 Å². The molecule has 0 aliphatic carbocycles. The summed E-state index contributed by atoms with van der Waals surface area (Å²) in [5, 5.41) is 7.06. The zero-order valence-electron chi connectivity index (χ0n) is 15.8. The third kappa shape index (κ3) is 4.96. The average molecular weight is 433 g/mol. The molecule has 2 aromatic carbocycles. The van der Waals surface area contributed by atoms with Gasteiger partial charge < -0.3 is 5.32 Å². The molecule has 0 atom stereocenters. The molecule has 29 heavy (non-hydrogen) atoms. The largest absolute Gasteiger partial charge is 0.352 e. The lowest BCUT2D eigenvalue weighted by Gasteiger charge is -2.20. The van der Waals surface area contributed by atoms with Crippen LogP contribution in [0.25, 0.3) is 0 Å². The molecule has 0 aliphatic rings. The molecule has 3 rings (SSSR count). The number of aryl methyl sites for hydroxylation is 1. The minimum absolute atomic E-state index is 0.00468. The number of anilines is 1. The smallest absolute Gasteiger partial charge is 0.264 e. The molecule has 1 amide bonds. The van der Waals surface area contributed by atoms with Gasteiger partial charge in [0.1, 0.15) is 0 Å². The van der Waals surface area contributed by atoms with Gasteiger partial charge in [0.15, 0.2) is 0 Å². The van der Waals surface area contributed by atoms with E-state index in [4.69, 9.17) is 11.6 Å². The topological polar surface area (TPSA) is 84.3 Å². The fourth-order valence-electron chi connectivity index (χ4n) is 2.74. The van der Waals surface area contributed by atoms with Gasteiger partial charge in [0.25, 0.3) is 15.9 Å². The molecule has 9 heteroatoms. The van der Waals surface area contributed by atoms with Gasteiger partial charge in [-0.05, 0) is 42.8 Å². The second-order valence-corrected chi connectivity index (χ2v) is 8.70. The summed E-state index contributed by atoms with van der Waals surface area (Å²) in [4.78, 5) is 12.5. The number of aromatic nitrogens is 2. The van der Waals surface area contributed by atoms with Crippen molar-refractivity contribution >= 4 is 33.2 Å². The molecular weight excluding hydrogens is 412 g/mol. The summed E-state index contributed by atoms with van der Waals surface area (Å²) >= 11 is 6.15. The maximum absolute atomic E-state index is 13.0. The van der Waals surface area contributed by atoms with Crippen LogP contribution in [0.5, 0.6) is 0 Å². The van der Waals surface area contributed by atoms with Gasteiger partial charge in [-0.25, -0.2) is 8.42 Å². The first-order valence-electron chi connectivity index (χ1n) is 8.99. The van der Waals surface area contributed by atoms with Crippen LogP contribution in [0.3, 0.4) is 0 Å². The van der Waals surface area contributed by atoms with E-state index < -0.39 is 15.9 Å². The highest BCUT2D eigenvalue weighted by Gasteiger charge is 2.23. The van der Waals surface area contributed by atoms with Gasteiger partial charge >= 0.3 is 0 Å². The minimum Gasteiger partial charge on any atom is -0.352 e. The van der Waals surface area contributed by atoms with Crippen LogP contribution in [-0.2, 0) is 16.6 Å². The number of rotatable bonds is 8. The van der Waals surface area contributed by atoms with Crippen molar-refractivity contribution in [3.05, 3.63) is 77.6 Å². The van der Waals surface area contributed by atoms with Crippen LogP contribution in [0.15, 0.2) is 71.9 Å². The van der Waals surface area contributed by atoms with Crippen LogP contribution < -0.4 is 9.62 Å². The number of carbonyl (C=O) groups is 1. The molecule has 1 heterocycles. The second kappa shape index (κ2) is 9.11. The lowest BCUT2D eigenvalue weighted by molar-refractivity contribution is 0.0952. The summed E-state index contributed by atoms with van der Waals surface area (Å²) in [5.74, 6) is -0.421. The van der Waals surface area contributed by atoms with Crippen molar-refractivity contribution in [1.29, 1.82) is 0 Å². The number of sulfonamides is 1. The van der Waals surface area contributed by atoms with E-state index in [1.165, 1.54) is 29.6 Å². The zero-order chi connectivity index (χ0) is 20.9. The van der Waals surface area contributed by atoms with Gasteiger partial charge in [0, 0.05) is 32.5 Å². The number of hydrogen-bond acceptors (Lipinski definition) is 4. The molecule has 0 aliphatic heterocycles. The number of nitrogens with zero attached hydrogens (tertiary/aromatic N) is 3. The average Bonchev–Trinajstić information content (AvgIpc) is 3.25. The number of para-hydroxylation sites is 1. The first kappa shape index (κ1) is 20.9. The predicted molar refractivity (Wildman–Crippen MR) is 113 cm³/mol. The fourth-order valence-corrected chi connectivity index (χ4v) is 4.17. The summed E-state index contributed by atoms with van der Waals surface area (Å²) in [6.45, 7) is 1.08. The molecule has 0 saturated heterocycles. The Morgan fingerprint density at radius 1 is 1.17 bits per heavy atom.